The van der Waals surface area contributed by atoms with Gasteiger partial charge in [-0.2, -0.15) is 26.3 Å². The number of piperazine rings is 1. The molecule has 0 saturated carbocycles. The Morgan fingerprint density at radius 2 is 1.51 bits per heavy atom. The van der Waals surface area contributed by atoms with E-state index in [0.717, 1.165) is 0 Å². The highest BCUT2D eigenvalue weighted by Gasteiger charge is 2.41. The molecule has 1 fully saturated rings. The molecule has 1 N–H and O–H groups in total. The Morgan fingerprint density at radius 3 is 2.07 bits per heavy atom. The smallest absolute Gasteiger partial charge is 0.351 e. The molecule has 3 aromatic rings. The third-order valence-corrected chi connectivity index (χ3v) is 7.92. The van der Waals surface area contributed by atoms with Crippen molar-refractivity contribution in [3.63, 3.8) is 0 Å². The Labute approximate surface area is 245 Å². The molecule has 0 aliphatic carbocycles. The summed E-state index contributed by atoms with van der Waals surface area (Å²) in [4.78, 5) is 21.8. The molecule has 43 heavy (non-hydrogen) atoms. The topological polar surface area (TPSA) is 48.5 Å². The van der Waals surface area contributed by atoms with Gasteiger partial charge in [0.15, 0.2) is 0 Å². The van der Waals surface area contributed by atoms with Gasteiger partial charge in [0.1, 0.15) is 11.6 Å². The van der Waals surface area contributed by atoms with Crippen LogP contribution in [-0.4, -0.2) is 43.1 Å². The second-order valence-corrected chi connectivity index (χ2v) is 11.6. The highest BCUT2D eigenvalue weighted by atomic mass is 19.4. The van der Waals surface area contributed by atoms with E-state index in [1.807, 2.05) is 13.8 Å². The maximum atomic E-state index is 14.0. The van der Waals surface area contributed by atoms with Crippen LogP contribution in [0, 0.1) is 12.7 Å². The summed E-state index contributed by atoms with van der Waals surface area (Å²) < 4.78 is 95.6. The molecule has 0 radical (unpaired) electrons. The normalized spacial score (nSPS) is 18.1. The van der Waals surface area contributed by atoms with Crippen LogP contribution in [0.2, 0.25) is 0 Å². The summed E-state index contributed by atoms with van der Waals surface area (Å²) in [7, 11) is 1.39. The quantitative estimate of drug-likeness (QED) is 0.307. The minimum Gasteiger partial charge on any atom is -0.351 e. The van der Waals surface area contributed by atoms with Gasteiger partial charge in [0, 0.05) is 37.8 Å². The number of likely N-dealkylation sites (N-methyl/N-ethyl adjacent to an activating group) is 1. The Balaban J connectivity index is 1.84. The minimum atomic E-state index is -5.06. The summed E-state index contributed by atoms with van der Waals surface area (Å²) in [5, 5.41) is 3.39. The van der Waals surface area contributed by atoms with E-state index in [9.17, 15) is 35.5 Å². The van der Waals surface area contributed by atoms with Gasteiger partial charge in [-0.05, 0) is 87.7 Å². The summed E-state index contributed by atoms with van der Waals surface area (Å²) in [5.74, 6) is -0.618. The highest BCUT2D eigenvalue weighted by molar-refractivity contribution is 6.03. The lowest BCUT2D eigenvalue weighted by atomic mass is 9.81. The standard InChI is InChI=1S/C31H33F7N4O/c1-17-9-23(32)7-8-24(17)25-13-27(42-16-18(2)39-14-19(42)3)40-15-26(25)41(6)28(43)29(4,5)20-10-21(30(33,34)35)12-22(11-20)31(36,37)38/h7-13,15,18-19,39H,14,16H2,1-6H3. The van der Waals surface area contributed by atoms with Crippen molar-refractivity contribution < 1.29 is 35.5 Å². The number of pyridine rings is 1. The molecular formula is C31H33F7N4O. The van der Waals surface area contributed by atoms with Crippen molar-refractivity contribution in [3.05, 3.63) is 76.7 Å². The van der Waals surface area contributed by atoms with Gasteiger partial charge in [0.05, 0.1) is 28.4 Å². The molecule has 1 amide bonds. The predicted molar refractivity (Wildman–Crippen MR) is 152 cm³/mol. The van der Waals surface area contributed by atoms with Crippen molar-refractivity contribution in [2.75, 3.05) is 29.9 Å². The van der Waals surface area contributed by atoms with Crippen LogP contribution >= 0.6 is 0 Å². The van der Waals surface area contributed by atoms with Crippen molar-refractivity contribution in [2.24, 2.45) is 0 Å². The zero-order valence-corrected chi connectivity index (χ0v) is 24.6. The fraction of sp³-hybridized carbons (Fsp3) is 0.419. The van der Waals surface area contributed by atoms with E-state index < -0.39 is 46.2 Å². The summed E-state index contributed by atoms with van der Waals surface area (Å²) in [5.41, 5.74) is -3.35. The Morgan fingerprint density at radius 1 is 0.930 bits per heavy atom. The number of carbonyl (C=O) groups excluding carboxylic acids is 1. The summed E-state index contributed by atoms with van der Waals surface area (Å²) >= 11 is 0. The van der Waals surface area contributed by atoms with Gasteiger partial charge in [-0.25, -0.2) is 9.37 Å². The van der Waals surface area contributed by atoms with Crippen LogP contribution in [0.3, 0.4) is 0 Å². The first-order valence-electron chi connectivity index (χ1n) is 13.7. The summed E-state index contributed by atoms with van der Waals surface area (Å²) in [6.07, 6.45) is -8.67. The van der Waals surface area contributed by atoms with E-state index in [-0.39, 0.29) is 23.8 Å². The number of alkyl halides is 6. The van der Waals surface area contributed by atoms with E-state index >= 15 is 0 Å². The van der Waals surface area contributed by atoms with Crippen molar-refractivity contribution >= 4 is 17.4 Å². The lowest BCUT2D eigenvalue weighted by Gasteiger charge is -2.39. The lowest BCUT2D eigenvalue weighted by molar-refractivity contribution is -0.143. The monoisotopic (exact) mass is 610 g/mol. The number of anilines is 2. The average molecular weight is 611 g/mol. The van der Waals surface area contributed by atoms with Gasteiger partial charge in [0.2, 0.25) is 5.91 Å². The molecule has 4 rings (SSSR count). The van der Waals surface area contributed by atoms with Gasteiger partial charge in [-0.3, -0.25) is 4.79 Å². The number of halogens is 7. The Bertz CT molecular complexity index is 1480. The van der Waals surface area contributed by atoms with E-state index in [1.54, 1.807) is 19.1 Å². The summed E-state index contributed by atoms with van der Waals surface area (Å²) in [6, 6.07) is 7.36. The summed E-state index contributed by atoms with van der Waals surface area (Å²) in [6.45, 7) is 9.66. The fourth-order valence-corrected chi connectivity index (χ4v) is 5.32. The molecule has 0 spiro atoms. The van der Waals surface area contributed by atoms with Crippen LogP contribution in [0.25, 0.3) is 11.1 Å². The fourth-order valence-electron chi connectivity index (χ4n) is 5.32. The molecule has 0 bridgehead atoms. The second-order valence-electron chi connectivity index (χ2n) is 11.6. The number of aromatic nitrogens is 1. The number of hydrogen-bond donors (Lipinski definition) is 1. The molecule has 2 atom stereocenters. The molecule has 2 heterocycles. The van der Waals surface area contributed by atoms with Gasteiger partial charge >= 0.3 is 12.4 Å². The van der Waals surface area contributed by atoms with Crippen LogP contribution in [-0.2, 0) is 22.6 Å². The average Bonchev–Trinajstić information content (AvgIpc) is 2.92. The molecule has 1 aromatic heterocycles. The Hall–Kier alpha value is -3.67. The van der Waals surface area contributed by atoms with E-state index in [0.29, 0.717) is 47.7 Å². The molecule has 232 valence electrons. The molecule has 12 heteroatoms. The van der Waals surface area contributed by atoms with E-state index in [1.165, 1.54) is 44.1 Å². The Kier molecular flexibility index (Phi) is 8.58. The third kappa shape index (κ3) is 6.63. The number of nitrogens with one attached hydrogen (secondary N) is 1. The zero-order valence-electron chi connectivity index (χ0n) is 24.6. The van der Waals surface area contributed by atoms with Crippen molar-refractivity contribution in [2.45, 2.75) is 64.5 Å². The molecule has 1 aliphatic rings. The highest BCUT2D eigenvalue weighted by Crippen LogP contribution is 2.41. The largest absolute Gasteiger partial charge is 0.416 e. The van der Waals surface area contributed by atoms with Crippen LogP contribution in [0.15, 0.2) is 48.7 Å². The predicted octanol–water partition coefficient (Wildman–Crippen LogP) is 7.36. The van der Waals surface area contributed by atoms with E-state index in [2.05, 4.69) is 15.2 Å². The molecule has 5 nitrogen and oxygen atoms in total. The first-order valence-corrected chi connectivity index (χ1v) is 13.7. The number of amides is 1. The lowest BCUT2D eigenvalue weighted by Crippen LogP contribution is -2.54. The number of hydrogen-bond acceptors (Lipinski definition) is 4. The van der Waals surface area contributed by atoms with Gasteiger partial charge < -0.3 is 15.1 Å². The van der Waals surface area contributed by atoms with Gasteiger partial charge in [-0.15, -0.1) is 0 Å². The third-order valence-electron chi connectivity index (χ3n) is 7.92. The SMILES string of the molecule is Cc1cc(F)ccc1-c1cc(N2CC(C)NCC2C)ncc1N(C)C(=O)C(C)(C)c1cc(C(F)(F)F)cc(C(F)(F)F)c1. The van der Waals surface area contributed by atoms with Crippen LogP contribution in [0.4, 0.5) is 42.2 Å². The van der Waals surface area contributed by atoms with Crippen LogP contribution in [0.5, 0.6) is 0 Å². The van der Waals surface area contributed by atoms with Crippen molar-refractivity contribution in [1.82, 2.24) is 10.3 Å². The molecule has 1 saturated heterocycles. The molecular weight excluding hydrogens is 577 g/mol. The zero-order chi connectivity index (χ0) is 32.1. The number of benzene rings is 2. The number of aryl methyl sites for hydroxylation is 1. The second kappa shape index (κ2) is 11.4. The first kappa shape index (κ1) is 32.2. The maximum Gasteiger partial charge on any atom is 0.416 e. The van der Waals surface area contributed by atoms with Crippen LogP contribution in [0.1, 0.15) is 49.9 Å². The molecule has 2 aromatic carbocycles. The van der Waals surface area contributed by atoms with Crippen molar-refractivity contribution in [1.29, 1.82) is 0 Å². The van der Waals surface area contributed by atoms with Crippen LogP contribution < -0.4 is 15.1 Å². The van der Waals surface area contributed by atoms with E-state index in [4.69, 9.17) is 0 Å². The molecule has 2 unspecified atom stereocenters. The van der Waals surface area contributed by atoms with Crippen molar-refractivity contribution in [3.8, 4) is 11.1 Å². The van der Waals surface area contributed by atoms with Gasteiger partial charge in [-0.1, -0.05) is 6.07 Å². The number of rotatable bonds is 5. The van der Waals surface area contributed by atoms with Gasteiger partial charge in [0.25, 0.3) is 0 Å². The maximum absolute atomic E-state index is 14.0. The first-order chi connectivity index (χ1) is 19.8. The number of nitrogens with zero attached hydrogens (tertiary/aromatic N) is 3. The molecule has 1 aliphatic heterocycles. The number of carbonyl (C=O) groups is 1. The minimum absolute atomic E-state index is 0.0315.